The third kappa shape index (κ3) is 10.4. The van der Waals surface area contributed by atoms with Crippen molar-refractivity contribution in [1.29, 1.82) is 0 Å². The Labute approximate surface area is 216 Å². The SMILES string of the molecule is C=C(C)COc1ccccc1C(=O)N1CCNC(=O)C1CC(=O)OCCCCCCCCCCCC. The summed E-state index contributed by atoms with van der Waals surface area (Å²) < 4.78 is 11.1. The van der Waals surface area contributed by atoms with Crippen LogP contribution < -0.4 is 10.1 Å². The van der Waals surface area contributed by atoms with Crippen molar-refractivity contribution in [2.75, 3.05) is 26.3 Å². The lowest BCUT2D eigenvalue weighted by molar-refractivity contribution is -0.147. The van der Waals surface area contributed by atoms with Gasteiger partial charge in [0.1, 0.15) is 18.4 Å². The lowest BCUT2D eigenvalue weighted by atomic mass is 10.1. The second kappa shape index (κ2) is 16.8. The summed E-state index contributed by atoms with van der Waals surface area (Å²) in [6, 6.07) is 6.02. The molecule has 0 aliphatic carbocycles. The van der Waals surface area contributed by atoms with Crippen LogP contribution in [0.15, 0.2) is 36.4 Å². The van der Waals surface area contributed by atoms with Crippen molar-refractivity contribution in [3.05, 3.63) is 42.0 Å². The molecule has 0 bridgehead atoms. The van der Waals surface area contributed by atoms with Gasteiger partial charge in [0.25, 0.3) is 5.91 Å². The van der Waals surface area contributed by atoms with Crippen LogP contribution in [0.2, 0.25) is 0 Å². The fourth-order valence-corrected chi connectivity index (χ4v) is 4.28. The number of hydrogen-bond acceptors (Lipinski definition) is 5. The molecule has 1 saturated heterocycles. The van der Waals surface area contributed by atoms with Crippen molar-refractivity contribution in [3.8, 4) is 5.75 Å². The van der Waals surface area contributed by atoms with E-state index in [2.05, 4.69) is 18.8 Å². The number of esters is 1. The standard InChI is InChI=1S/C29H44N2O5/c1-4-5-6-7-8-9-10-11-12-15-20-35-27(32)21-25-28(33)30-18-19-31(25)29(34)24-16-13-14-17-26(24)36-22-23(2)3/h13-14,16-17,25H,2,4-12,15,18-22H2,1,3H3,(H,30,33). The third-order valence-electron chi connectivity index (χ3n) is 6.30. The minimum absolute atomic E-state index is 0.163. The number of carbonyl (C=O) groups excluding carboxylic acids is 3. The maximum Gasteiger partial charge on any atom is 0.308 e. The van der Waals surface area contributed by atoms with Crippen LogP contribution in [0.4, 0.5) is 0 Å². The average molecular weight is 501 g/mol. The molecule has 1 unspecified atom stereocenters. The summed E-state index contributed by atoms with van der Waals surface area (Å²) in [6.45, 7) is 9.19. The fraction of sp³-hybridized carbons (Fsp3) is 0.621. The van der Waals surface area contributed by atoms with Crippen LogP contribution in [0.5, 0.6) is 5.75 Å². The van der Waals surface area contributed by atoms with Gasteiger partial charge in [0.2, 0.25) is 5.91 Å². The number of para-hydroxylation sites is 1. The lowest BCUT2D eigenvalue weighted by Gasteiger charge is -2.34. The van der Waals surface area contributed by atoms with Gasteiger partial charge in [-0.2, -0.15) is 0 Å². The van der Waals surface area contributed by atoms with Crippen molar-refractivity contribution >= 4 is 17.8 Å². The molecule has 1 aliphatic heterocycles. The molecule has 2 amide bonds. The molecule has 1 aromatic rings. The Hall–Kier alpha value is -2.83. The van der Waals surface area contributed by atoms with Gasteiger partial charge in [-0.15, -0.1) is 0 Å². The van der Waals surface area contributed by atoms with Crippen LogP contribution in [0.3, 0.4) is 0 Å². The van der Waals surface area contributed by atoms with Gasteiger partial charge in [0.05, 0.1) is 18.6 Å². The number of unbranched alkanes of at least 4 members (excludes halogenated alkanes) is 9. The summed E-state index contributed by atoms with van der Waals surface area (Å²) in [7, 11) is 0. The van der Waals surface area contributed by atoms with Crippen LogP contribution >= 0.6 is 0 Å². The molecule has 1 heterocycles. The quantitative estimate of drug-likeness (QED) is 0.175. The molecule has 0 saturated carbocycles. The molecule has 200 valence electrons. The van der Waals surface area contributed by atoms with E-state index in [1.54, 1.807) is 24.3 Å². The maximum atomic E-state index is 13.4. The number of hydrogen-bond donors (Lipinski definition) is 1. The van der Waals surface area contributed by atoms with E-state index in [-0.39, 0.29) is 18.2 Å². The molecule has 7 heteroatoms. The summed E-state index contributed by atoms with van der Waals surface area (Å²) in [5, 5.41) is 2.76. The van der Waals surface area contributed by atoms with E-state index >= 15 is 0 Å². The first-order valence-electron chi connectivity index (χ1n) is 13.5. The molecule has 1 fully saturated rings. The van der Waals surface area contributed by atoms with Crippen LogP contribution in [0.25, 0.3) is 0 Å². The normalized spacial score (nSPS) is 15.3. The Morgan fingerprint density at radius 2 is 1.67 bits per heavy atom. The molecule has 0 aromatic heterocycles. The van der Waals surface area contributed by atoms with Gasteiger partial charge in [0, 0.05) is 13.1 Å². The second-order valence-electron chi connectivity index (χ2n) is 9.65. The van der Waals surface area contributed by atoms with Gasteiger partial charge in [-0.1, -0.05) is 83.4 Å². The van der Waals surface area contributed by atoms with E-state index in [1.165, 1.54) is 49.8 Å². The summed E-state index contributed by atoms with van der Waals surface area (Å²) in [5.74, 6) is -0.711. The number of piperazine rings is 1. The zero-order valence-corrected chi connectivity index (χ0v) is 22.2. The number of rotatable bonds is 17. The first-order valence-corrected chi connectivity index (χ1v) is 13.5. The molecule has 0 spiro atoms. The van der Waals surface area contributed by atoms with Gasteiger partial charge in [-0.05, 0) is 31.1 Å². The van der Waals surface area contributed by atoms with E-state index in [1.807, 2.05) is 6.92 Å². The highest BCUT2D eigenvalue weighted by Gasteiger charge is 2.36. The molecular weight excluding hydrogens is 456 g/mol. The lowest BCUT2D eigenvalue weighted by Crippen LogP contribution is -2.57. The van der Waals surface area contributed by atoms with Crippen LogP contribution in [-0.2, 0) is 14.3 Å². The van der Waals surface area contributed by atoms with Gasteiger partial charge in [0.15, 0.2) is 0 Å². The fourth-order valence-electron chi connectivity index (χ4n) is 4.28. The van der Waals surface area contributed by atoms with E-state index in [0.29, 0.717) is 37.6 Å². The summed E-state index contributed by atoms with van der Waals surface area (Å²) in [6.07, 6.45) is 11.9. The topological polar surface area (TPSA) is 84.9 Å². The maximum absolute atomic E-state index is 13.4. The highest BCUT2D eigenvalue weighted by atomic mass is 16.5. The highest BCUT2D eigenvalue weighted by molar-refractivity contribution is 6.01. The van der Waals surface area contributed by atoms with Crippen molar-refractivity contribution < 1.29 is 23.9 Å². The molecule has 1 aliphatic rings. The van der Waals surface area contributed by atoms with Gasteiger partial charge >= 0.3 is 5.97 Å². The molecule has 36 heavy (non-hydrogen) atoms. The molecular formula is C29H44N2O5. The number of benzene rings is 1. The van der Waals surface area contributed by atoms with Crippen molar-refractivity contribution in [3.63, 3.8) is 0 Å². The van der Waals surface area contributed by atoms with E-state index in [4.69, 9.17) is 9.47 Å². The Morgan fingerprint density at radius 1 is 1.03 bits per heavy atom. The molecule has 7 nitrogen and oxygen atoms in total. The number of amides is 2. The van der Waals surface area contributed by atoms with Crippen molar-refractivity contribution in [2.24, 2.45) is 0 Å². The zero-order valence-electron chi connectivity index (χ0n) is 22.2. The van der Waals surface area contributed by atoms with E-state index in [9.17, 15) is 14.4 Å². The Balaban J connectivity index is 1.79. The smallest absolute Gasteiger partial charge is 0.308 e. The summed E-state index contributed by atoms with van der Waals surface area (Å²) >= 11 is 0. The monoisotopic (exact) mass is 500 g/mol. The largest absolute Gasteiger partial charge is 0.488 e. The number of carbonyl (C=O) groups is 3. The van der Waals surface area contributed by atoms with Crippen LogP contribution in [0, 0.1) is 0 Å². The number of ether oxygens (including phenoxy) is 2. The van der Waals surface area contributed by atoms with Gasteiger partial charge in [-0.25, -0.2) is 0 Å². The Kier molecular flexibility index (Phi) is 13.7. The Bertz CT molecular complexity index is 854. The molecule has 2 rings (SSSR count). The van der Waals surface area contributed by atoms with Gasteiger partial charge in [-0.3, -0.25) is 14.4 Å². The minimum Gasteiger partial charge on any atom is -0.488 e. The molecule has 1 atom stereocenters. The molecule has 0 radical (unpaired) electrons. The predicted octanol–water partition coefficient (Wildman–Crippen LogP) is 5.44. The number of nitrogens with one attached hydrogen (secondary N) is 1. The van der Waals surface area contributed by atoms with E-state index < -0.39 is 12.0 Å². The Morgan fingerprint density at radius 3 is 2.33 bits per heavy atom. The summed E-state index contributed by atoms with van der Waals surface area (Å²) in [4.78, 5) is 39.9. The first-order chi connectivity index (χ1) is 17.4. The van der Waals surface area contributed by atoms with Crippen LogP contribution in [0.1, 0.15) is 94.8 Å². The van der Waals surface area contributed by atoms with Crippen molar-refractivity contribution in [1.82, 2.24) is 10.2 Å². The third-order valence-corrected chi connectivity index (χ3v) is 6.30. The van der Waals surface area contributed by atoms with Crippen molar-refractivity contribution in [2.45, 2.75) is 90.5 Å². The predicted molar refractivity (Wildman–Crippen MR) is 142 cm³/mol. The number of nitrogens with zero attached hydrogens (tertiary/aromatic N) is 1. The first kappa shape index (κ1) is 29.4. The zero-order chi connectivity index (χ0) is 26.2. The van der Waals surface area contributed by atoms with Crippen LogP contribution in [-0.4, -0.2) is 55.0 Å². The molecule has 1 aromatic carbocycles. The summed E-state index contributed by atoms with van der Waals surface area (Å²) in [5.41, 5.74) is 1.19. The highest BCUT2D eigenvalue weighted by Crippen LogP contribution is 2.23. The minimum atomic E-state index is -0.902. The molecule has 1 N–H and O–H groups in total. The van der Waals surface area contributed by atoms with E-state index in [0.717, 1.165) is 24.8 Å². The second-order valence-corrected chi connectivity index (χ2v) is 9.65. The average Bonchev–Trinajstić information content (AvgIpc) is 2.87. The van der Waals surface area contributed by atoms with Gasteiger partial charge < -0.3 is 19.7 Å².